The molecule has 2 heterocycles. The molecule has 28 heavy (non-hydrogen) atoms. The molecule has 8 heteroatoms. The zero-order valence-corrected chi connectivity index (χ0v) is 16.8. The van der Waals surface area contributed by atoms with E-state index in [2.05, 4.69) is 20.2 Å². The van der Waals surface area contributed by atoms with Gasteiger partial charge < -0.3 is 9.72 Å². The highest BCUT2D eigenvalue weighted by molar-refractivity contribution is 8.00. The summed E-state index contributed by atoms with van der Waals surface area (Å²) < 4.78 is 5.36. The van der Waals surface area contributed by atoms with Gasteiger partial charge in [0.1, 0.15) is 5.75 Å². The number of para-hydroxylation sites is 1. The molecule has 1 atom stereocenters. The minimum absolute atomic E-state index is 0.0223. The van der Waals surface area contributed by atoms with E-state index < -0.39 is 0 Å². The van der Waals surface area contributed by atoms with Crippen molar-refractivity contribution in [2.24, 2.45) is 0 Å². The molecule has 2 N–H and O–H groups in total. The summed E-state index contributed by atoms with van der Waals surface area (Å²) >= 11 is 7.39. The average molecular weight is 413 g/mol. The number of aromatic amines is 2. The molecular formula is C20H17ClN4O2S. The number of aromatic nitrogens is 4. The van der Waals surface area contributed by atoms with Crippen LogP contribution < -0.4 is 4.74 Å². The second-order valence-electron chi connectivity index (χ2n) is 6.18. The second-order valence-corrected chi connectivity index (χ2v) is 7.93. The number of carbonyl (C=O) groups is 1. The summed E-state index contributed by atoms with van der Waals surface area (Å²) in [4.78, 5) is 20.5. The Morgan fingerprint density at radius 3 is 2.89 bits per heavy atom. The summed E-state index contributed by atoms with van der Waals surface area (Å²) in [6.07, 6.45) is 1.75. The van der Waals surface area contributed by atoms with E-state index in [1.54, 1.807) is 31.5 Å². The number of halogens is 1. The van der Waals surface area contributed by atoms with E-state index in [1.807, 2.05) is 31.2 Å². The van der Waals surface area contributed by atoms with Crippen LogP contribution in [0.3, 0.4) is 0 Å². The van der Waals surface area contributed by atoms with E-state index in [-0.39, 0.29) is 11.0 Å². The van der Waals surface area contributed by atoms with Crippen molar-refractivity contribution in [1.82, 2.24) is 20.2 Å². The quantitative estimate of drug-likeness (QED) is 0.344. The maximum Gasteiger partial charge on any atom is 0.209 e. The van der Waals surface area contributed by atoms with Gasteiger partial charge in [0.2, 0.25) is 5.16 Å². The molecule has 0 amide bonds. The number of carbonyl (C=O) groups excluding carboxylic acids is 1. The number of hydrogen-bond donors (Lipinski definition) is 2. The molecule has 0 saturated carbocycles. The number of rotatable bonds is 6. The molecular weight excluding hydrogens is 396 g/mol. The first-order chi connectivity index (χ1) is 13.6. The fourth-order valence-corrected chi connectivity index (χ4v) is 3.96. The molecule has 0 saturated heterocycles. The number of thioether (sulfide) groups is 1. The van der Waals surface area contributed by atoms with E-state index in [1.165, 1.54) is 11.8 Å². The van der Waals surface area contributed by atoms with Gasteiger partial charge in [-0.05, 0) is 31.2 Å². The van der Waals surface area contributed by atoms with Crippen LogP contribution in [0, 0.1) is 0 Å². The Bertz CT molecular complexity index is 1150. The van der Waals surface area contributed by atoms with Crippen LogP contribution in [0.25, 0.3) is 22.3 Å². The van der Waals surface area contributed by atoms with Crippen molar-refractivity contribution in [3.8, 4) is 17.1 Å². The summed E-state index contributed by atoms with van der Waals surface area (Å²) in [7, 11) is 1.58. The number of nitrogens with one attached hydrogen (secondary N) is 2. The number of methoxy groups -OCH3 is 1. The van der Waals surface area contributed by atoms with Gasteiger partial charge in [-0.3, -0.25) is 9.89 Å². The number of ketones is 1. The lowest BCUT2D eigenvalue weighted by molar-refractivity contribution is 0.0995. The summed E-state index contributed by atoms with van der Waals surface area (Å²) in [5, 5.41) is 8.76. The second kappa shape index (κ2) is 7.69. The number of fused-ring (bicyclic) bond motifs is 1. The van der Waals surface area contributed by atoms with Crippen LogP contribution in [0.15, 0.2) is 53.8 Å². The monoisotopic (exact) mass is 412 g/mol. The highest BCUT2D eigenvalue weighted by Gasteiger charge is 2.22. The van der Waals surface area contributed by atoms with Crippen LogP contribution >= 0.6 is 23.4 Å². The average Bonchev–Trinajstić information content (AvgIpc) is 3.34. The van der Waals surface area contributed by atoms with Gasteiger partial charge in [-0.2, -0.15) is 0 Å². The summed E-state index contributed by atoms with van der Waals surface area (Å²) in [5.41, 5.74) is 2.32. The molecule has 2 aromatic heterocycles. The number of nitrogens with zero attached hydrogens (tertiary/aromatic N) is 2. The van der Waals surface area contributed by atoms with E-state index >= 15 is 0 Å². The topological polar surface area (TPSA) is 83.7 Å². The standard InChI is InChI=1S/C20H17ClN4O2S/c1-11(18(26)15-10-22-16-6-4-3-5-13(15)16)28-20-23-19(24-25-20)14-9-12(21)7-8-17(14)27-2/h3-11,22H,1-2H3,(H,23,24,25). The minimum Gasteiger partial charge on any atom is -0.496 e. The SMILES string of the molecule is COc1ccc(Cl)cc1-c1nc(SC(C)C(=O)c2c[nH]c3ccccc23)n[nH]1. The summed E-state index contributed by atoms with van der Waals surface area (Å²) in [5.74, 6) is 1.20. The number of H-pyrrole nitrogens is 2. The first-order valence-corrected chi connectivity index (χ1v) is 9.86. The third-order valence-electron chi connectivity index (χ3n) is 4.39. The summed E-state index contributed by atoms with van der Waals surface area (Å²) in [6, 6.07) is 13.0. The molecule has 142 valence electrons. The maximum absolute atomic E-state index is 12.9. The Kier molecular flexibility index (Phi) is 5.11. The Labute approximate surface area is 170 Å². The molecule has 0 aliphatic heterocycles. The molecule has 0 aliphatic rings. The van der Waals surface area contributed by atoms with Crippen molar-refractivity contribution >= 4 is 40.0 Å². The van der Waals surface area contributed by atoms with Gasteiger partial charge in [-0.25, -0.2) is 4.98 Å². The molecule has 2 aromatic carbocycles. The fraction of sp³-hybridized carbons (Fsp3) is 0.150. The van der Waals surface area contributed by atoms with Crippen LogP contribution in [-0.4, -0.2) is 38.3 Å². The molecule has 6 nitrogen and oxygen atoms in total. The molecule has 0 bridgehead atoms. The van der Waals surface area contributed by atoms with Gasteiger partial charge in [0.05, 0.1) is 17.9 Å². The van der Waals surface area contributed by atoms with Crippen molar-refractivity contribution < 1.29 is 9.53 Å². The third kappa shape index (κ3) is 3.50. The maximum atomic E-state index is 12.9. The molecule has 1 unspecified atom stereocenters. The lowest BCUT2D eigenvalue weighted by atomic mass is 10.1. The third-order valence-corrected chi connectivity index (χ3v) is 5.58. The summed E-state index contributed by atoms with van der Waals surface area (Å²) in [6.45, 7) is 1.85. The van der Waals surface area contributed by atoms with E-state index in [4.69, 9.17) is 16.3 Å². The van der Waals surface area contributed by atoms with E-state index in [0.717, 1.165) is 10.9 Å². The normalized spacial score (nSPS) is 12.2. The number of benzene rings is 2. The smallest absolute Gasteiger partial charge is 0.209 e. The molecule has 0 radical (unpaired) electrons. The Hall–Kier alpha value is -2.77. The van der Waals surface area contributed by atoms with Crippen molar-refractivity contribution in [2.75, 3.05) is 7.11 Å². The molecule has 4 aromatic rings. The number of Topliss-reactive ketones (excluding diaryl/α,β-unsaturated/α-hetero) is 1. The Morgan fingerprint density at radius 2 is 2.07 bits per heavy atom. The highest BCUT2D eigenvalue weighted by atomic mass is 35.5. The lowest BCUT2D eigenvalue weighted by Crippen LogP contribution is -2.13. The molecule has 0 spiro atoms. The van der Waals surface area contributed by atoms with Crippen LogP contribution in [-0.2, 0) is 0 Å². The lowest BCUT2D eigenvalue weighted by Gasteiger charge is -2.07. The van der Waals surface area contributed by atoms with Crippen LogP contribution in [0.1, 0.15) is 17.3 Å². The van der Waals surface area contributed by atoms with Gasteiger partial charge in [0.25, 0.3) is 0 Å². The van der Waals surface area contributed by atoms with Crippen molar-refractivity contribution in [3.63, 3.8) is 0 Å². The van der Waals surface area contributed by atoms with Gasteiger partial charge in [-0.15, -0.1) is 5.10 Å². The van der Waals surface area contributed by atoms with Gasteiger partial charge in [-0.1, -0.05) is 41.6 Å². The van der Waals surface area contributed by atoms with Crippen LogP contribution in [0.5, 0.6) is 5.75 Å². The van der Waals surface area contributed by atoms with Crippen molar-refractivity contribution in [2.45, 2.75) is 17.3 Å². The largest absolute Gasteiger partial charge is 0.496 e. The molecule has 4 rings (SSSR count). The van der Waals surface area contributed by atoms with Crippen molar-refractivity contribution in [3.05, 3.63) is 59.2 Å². The van der Waals surface area contributed by atoms with Gasteiger partial charge in [0, 0.05) is 27.7 Å². The Morgan fingerprint density at radius 1 is 1.25 bits per heavy atom. The first kappa shape index (κ1) is 18.6. The zero-order chi connectivity index (χ0) is 19.7. The van der Waals surface area contributed by atoms with Crippen molar-refractivity contribution in [1.29, 1.82) is 0 Å². The molecule has 0 fully saturated rings. The Balaban J connectivity index is 1.55. The van der Waals surface area contributed by atoms with Crippen LogP contribution in [0.2, 0.25) is 5.02 Å². The predicted octanol–water partition coefficient (Wildman–Crippen LogP) is 4.98. The first-order valence-electron chi connectivity index (χ1n) is 8.60. The minimum atomic E-state index is -0.343. The number of ether oxygens (including phenoxy) is 1. The van der Waals surface area contributed by atoms with Gasteiger partial charge >= 0.3 is 0 Å². The van der Waals surface area contributed by atoms with E-state index in [9.17, 15) is 4.79 Å². The van der Waals surface area contributed by atoms with Gasteiger partial charge in [0.15, 0.2) is 11.6 Å². The van der Waals surface area contributed by atoms with E-state index in [0.29, 0.717) is 32.9 Å². The number of hydrogen-bond acceptors (Lipinski definition) is 5. The molecule has 0 aliphatic carbocycles. The fourth-order valence-electron chi connectivity index (χ4n) is 2.99. The predicted molar refractivity (Wildman–Crippen MR) is 111 cm³/mol. The highest BCUT2D eigenvalue weighted by Crippen LogP contribution is 2.32. The zero-order valence-electron chi connectivity index (χ0n) is 15.2. The van der Waals surface area contributed by atoms with Crippen LogP contribution in [0.4, 0.5) is 0 Å².